The van der Waals surface area contributed by atoms with E-state index in [-0.39, 0.29) is 12.1 Å². The minimum atomic E-state index is -4.84. The number of benzene rings is 2. The Morgan fingerprint density at radius 1 is 1.03 bits per heavy atom. The predicted molar refractivity (Wildman–Crippen MR) is 109 cm³/mol. The maximum atomic E-state index is 12.8. The Morgan fingerprint density at radius 2 is 1.78 bits per heavy atom. The number of rotatable bonds is 6. The third-order valence-corrected chi connectivity index (χ3v) is 5.13. The molecule has 1 aromatic heterocycles. The lowest BCUT2D eigenvalue weighted by molar-refractivity contribution is -0.274. The third-order valence-electron chi connectivity index (χ3n) is 5.13. The molecule has 0 radical (unpaired) electrons. The Balaban J connectivity index is 1.42. The van der Waals surface area contributed by atoms with Gasteiger partial charge in [0.2, 0.25) is 0 Å². The van der Waals surface area contributed by atoms with Crippen LogP contribution in [-0.2, 0) is 28.9 Å². The summed E-state index contributed by atoms with van der Waals surface area (Å²) in [5.74, 6) is -1.68. The van der Waals surface area contributed by atoms with Crippen LogP contribution in [0.3, 0.4) is 0 Å². The topological polar surface area (TPSA) is 77.5 Å². The molecule has 0 aliphatic heterocycles. The van der Waals surface area contributed by atoms with Gasteiger partial charge >= 0.3 is 12.3 Å². The molecule has 2 aromatic carbocycles. The van der Waals surface area contributed by atoms with Gasteiger partial charge in [-0.3, -0.25) is 9.78 Å². The molecule has 6 nitrogen and oxygen atoms in total. The fraction of sp³-hybridized carbons (Fsp3) is 0.261. The highest BCUT2D eigenvalue weighted by Gasteiger charge is 2.32. The van der Waals surface area contributed by atoms with Crippen molar-refractivity contribution in [1.82, 2.24) is 10.3 Å². The molecule has 0 saturated carbocycles. The molecule has 1 amide bonds. The molecule has 9 heteroatoms. The largest absolute Gasteiger partial charge is 0.573 e. The smallest absolute Gasteiger partial charge is 0.452 e. The third kappa shape index (κ3) is 4.82. The number of nitrogens with one attached hydrogen (secondary N) is 1. The summed E-state index contributed by atoms with van der Waals surface area (Å²) in [6, 6.07) is 12.7. The van der Waals surface area contributed by atoms with E-state index in [1.54, 1.807) is 12.1 Å². The molecule has 1 N–H and O–H groups in total. The molecule has 0 bridgehead atoms. The number of pyridine rings is 1. The van der Waals surface area contributed by atoms with Gasteiger partial charge in [-0.2, -0.15) is 0 Å². The molecule has 32 heavy (non-hydrogen) atoms. The summed E-state index contributed by atoms with van der Waals surface area (Å²) in [6.45, 7) is -0.775. The molecule has 4 rings (SSSR count). The number of para-hydroxylation sites is 2. The van der Waals surface area contributed by atoms with Gasteiger partial charge in [0, 0.05) is 23.2 Å². The Hall–Kier alpha value is -3.62. The van der Waals surface area contributed by atoms with Crippen LogP contribution in [0.15, 0.2) is 48.5 Å². The summed E-state index contributed by atoms with van der Waals surface area (Å²) in [6.07, 6.45) is -2.47. The van der Waals surface area contributed by atoms with Gasteiger partial charge in [0.15, 0.2) is 6.61 Å². The number of alkyl halides is 3. The van der Waals surface area contributed by atoms with E-state index in [9.17, 15) is 22.8 Å². The van der Waals surface area contributed by atoms with Crippen LogP contribution in [0.1, 0.15) is 33.6 Å². The summed E-state index contributed by atoms with van der Waals surface area (Å²) >= 11 is 0. The minimum absolute atomic E-state index is 0.141. The molecule has 0 spiro atoms. The molecule has 1 aliphatic rings. The summed E-state index contributed by atoms with van der Waals surface area (Å²) in [4.78, 5) is 29.6. The second kappa shape index (κ2) is 8.86. The summed E-state index contributed by atoms with van der Waals surface area (Å²) in [5, 5.41) is 3.11. The second-order valence-electron chi connectivity index (χ2n) is 7.29. The normalized spacial score (nSPS) is 13.0. The first-order valence-electron chi connectivity index (χ1n) is 10.00. The lowest BCUT2D eigenvalue weighted by Crippen LogP contribution is -2.29. The molecule has 1 aliphatic carbocycles. The first-order valence-corrected chi connectivity index (χ1v) is 10.00. The van der Waals surface area contributed by atoms with Gasteiger partial charge in [0.1, 0.15) is 5.75 Å². The number of ether oxygens (including phenoxy) is 2. The minimum Gasteiger partial charge on any atom is -0.452 e. The fourth-order valence-corrected chi connectivity index (χ4v) is 3.77. The standard InChI is InChI=1S/C23H19F3N2O4/c24-23(25,26)32-19-11-4-1-6-14(19)12-27-20(29)13-31-22(30)21-15-7-2-3-9-17(15)28-18-10-5-8-16(18)21/h1-4,6-7,9,11H,5,8,10,12-13H2,(H,27,29). The molecule has 0 atom stereocenters. The van der Waals surface area contributed by atoms with E-state index in [2.05, 4.69) is 15.0 Å². The van der Waals surface area contributed by atoms with Crippen LogP contribution in [0, 0.1) is 0 Å². The number of hydrogen-bond donors (Lipinski definition) is 1. The molecule has 0 fully saturated rings. The number of esters is 1. The highest BCUT2D eigenvalue weighted by atomic mass is 19.4. The van der Waals surface area contributed by atoms with Crippen molar-refractivity contribution in [3.8, 4) is 5.75 Å². The number of nitrogens with zero attached hydrogens (tertiary/aromatic N) is 1. The number of carbonyl (C=O) groups excluding carboxylic acids is 2. The Kier molecular flexibility index (Phi) is 5.98. The SMILES string of the molecule is O=C(COC(=O)c1c2c(nc3ccccc13)CCC2)NCc1ccccc1OC(F)(F)F. The average Bonchev–Trinajstić information content (AvgIpc) is 3.22. The summed E-state index contributed by atoms with van der Waals surface area (Å²) in [5.41, 5.74) is 2.95. The van der Waals surface area contributed by atoms with E-state index >= 15 is 0 Å². The zero-order valence-corrected chi connectivity index (χ0v) is 16.9. The number of aryl methyl sites for hydroxylation is 1. The Labute approximate surface area is 181 Å². The molecular formula is C23H19F3N2O4. The number of fused-ring (bicyclic) bond motifs is 2. The fourth-order valence-electron chi connectivity index (χ4n) is 3.77. The van der Waals surface area contributed by atoms with E-state index in [1.165, 1.54) is 18.2 Å². The van der Waals surface area contributed by atoms with E-state index < -0.39 is 30.6 Å². The van der Waals surface area contributed by atoms with Crippen LogP contribution in [0.4, 0.5) is 13.2 Å². The van der Waals surface area contributed by atoms with E-state index in [0.29, 0.717) is 22.9 Å². The highest BCUT2D eigenvalue weighted by molar-refractivity contribution is 6.05. The van der Waals surface area contributed by atoms with Gasteiger partial charge < -0.3 is 14.8 Å². The van der Waals surface area contributed by atoms with Crippen LogP contribution in [0.25, 0.3) is 10.9 Å². The highest BCUT2D eigenvalue weighted by Crippen LogP contribution is 2.30. The molecule has 1 heterocycles. The van der Waals surface area contributed by atoms with Crippen molar-refractivity contribution >= 4 is 22.8 Å². The monoisotopic (exact) mass is 444 g/mol. The number of halogens is 3. The van der Waals surface area contributed by atoms with Crippen molar-refractivity contribution < 1.29 is 32.2 Å². The van der Waals surface area contributed by atoms with Crippen molar-refractivity contribution in [3.63, 3.8) is 0 Å². The maximum Gasteiger partial charge on any atom is 0.573 e. The van der Waals surface area contributed by atoms with Crippen LogP contribution in [0.2, 0.25) is 0 Å². The van der Waals surface area contributed by atoms with Gasteiger partial charge in [-0.1, -0.05) is 36.4 Å². The lowest BCUT2D eigenvalue weighted by atomic mass is 10.0. The Morgan fingerprint density at radius 3 is 2.59 bits per heavy atom. The van der Waals surface area contributed by atoms with Crippen LogP contribution in [-0.4, -0.2) is 29.8 Å². The van der Waals surface area contributed by atoms with E-state index in [1.807, 2.05) is 12.1 Å². The first kappa shape index (κ1) is 21.6. The lowest BCUT2D eigenvalue weighted by Gasteiger charge is -2.14. The summed E-state index contributed by atoms with van der Waals surface area (Å²) < 4.78 is 46.8. The van der Waals surface area contributed by atoms with Crippen molar-refractivity contribution in [3.05, 3.63) is 70.9 Å². The molecule has 0 saturated heterocycles. The number of amides is 1. The molecule has 0 unspecified atom stereocenters. The number of carbonyl (C=O) groups is 2. The summed E-state index contributed by atoms with van der Waals surface area (Å²) in [7, 11) is 0. The molecule has 3 aromatic rings. The van der Waals surface area contributed by atoms with Gasteiger partial charge in [-0.25, -0.2) is 4.79 Å². The van der Waals surface area contributed by atoms with Gasteiger partial charge in [0.05, 0.1) is 11.1 Å². The van der Waals surface area contributed by atoms with Gasteiger partial charge in [-0.05, 0) is 37.0 Å². The van der Waals surface area contributed by atoms with Crippen molar-refractivity contribution in [2.75, 3.05) is 6.61 Å². The number of hydrogen-bond acceptors (Lipinski definition) is 5. The van der Waals surface area contributed by atoms with Crippen molar-refractivity contribution in [2.24, 2.45) is 0 Å². The zero-order valence-electron chi connectivity index (χ0n) is 16.9. The zero-order chi connectivity index (χ0) is 22.7. The van der Waals surface area contributed by atoms with E-state index in [0.717, 1.165) is 30.2 Å². The molecule has 166 valence electrons. The van der Waals surface area contributed by atoms with E-state index in [4.69, 9.17) is 4.74 Å². The average molecular weight is 444 g/mol. The first-order chi connectivity index (χ1) is 15.3. The Bertz CT molecular complexity index is 1180. The number of aromatic nitrogens is 1. The second-order valence-corrected chi connectivity index (χ2v) is 7.29. The van der Waals surface area contributed by atoms with Gasteiger partial charge in [-0.15, -0.1) is 13.2 Å². The van der Waals surface area contributed by atoms with Gasteiger partial charge in [0.25, 0.3) is 5.91 Å². The van der Waals surface area contributed by atoms with Crippen molar-refractivity contribution in [1.29, 1.82) is 0 Å². The van der Waals surface area contributed by atoms with Crippen LogP contribution >= 0.6 is 0 Å². The van der Waals surface area contributed by atoms with Crippen molar-refractivity contribution in [2.45, 2.75) is 32.2 Å². The van der Waals surface area contributed by atoms with Crippen LogP contribution < -0.4 is 10.1 Å². The molecular weight excluding hydrogens is 425 g/mol. The maximum absolute atomic E-state index is 12.8. The predicted octanol–water partition coefficient (Wildman–Crippen LogP) is 4.10. The quantitative estimate of drug-likeness (QED) is 0.580. The van der Waals surface area contributed by atoms with Crippen LogP contribution in [0.5, 0.6) is 5.75 Å².